The smallest absolute Gasteiger partial charge is 0.0963 e. The van der Waals surface area contributed by atoms with Crippen LogP contribution in [0, 0.1) is 0 Å². The van der Waals surface area contributed by atoms with Gasteiger partial charge in [0.25, 0.3) is 0 Å². The molecule has 0 bridgehead atoms. The van der Waals surface area contributed by atoms with Gasteiger partial charge in [-0.25, -0.2) is 0 Å². The maximum atomic E-state index is 6.14. The molecule has 20 heavy (non-hydrogen) atoms. The van der Waals surface area contributed by atoms with Crippen LogP contribution in [0.4, 0.5) is 0 Å². The molecule has 1 unspecified atom stereocenters. The van der Waals surface area contributed by atoms with Crippen molar-refractivity contribution >= 4 is 11.6 Å². The van der Waals surface area contributed by atoms with Gasteiger partial charge < -0.3 is 4.90 Å². The first kappa shape index (κ1) is 13.2. The molecule has 0 spiro atoms. The Labute approximate surface area is 124 Å². The van der Waals surface area contributed by atoms with Crippen LogP contribution in [0.5, 0.6) is 0 Å². The van der Waals surface area contributed by atoms with E-state index < -0.39 is 0 Å². The lowest BCUT2D eigenvalue weighted by Crippen LogP contribution is -2.32. The third-order valence-corrected chi connectivity index (χ3v) is 3.92. The Kier molecular flexibility index (Phi) is 3.75. The molecular weight excluding hydrogens is 268 g/mol. The predicted octanol–water partition coefficient (Wildman–Crippen LogP) is 4.22. The van der Waals surface area contributed by atoms with Crippen LogP contribution in [-0.2, 0) is 6.42 Å². The van der Waals surface area contributed by atoms with Gasteiger partial charge in [-0.3, -0.25) is 4.98 Å². The predicted molar refractivity (Wildman–Crippen MR) is 82.8 cm³/mol. The molecule has 0 saturated carbocycles. The van der Waals surface area contributed by atoms with E-state index in [2.05, 4.69) is 46.4 Å². The highest BCUT2D eigenvalue weighted by molar-refractivity contribution is 6.30. The minimum atomic E-state index is 0.148. The van der Waals surface area contributed by atoms with Crippen LogP contribution >= 0.6 is 11.6 Å². The van der Waals surface area contributed by atoms with Gasteiger partial charge in [-0.1, -0.05) is 41.9 Å². The van der Waals surface area contributed by atoms with Gasteiger partial charge in [0, 0.05) is 17.8 Å². The number of rotatable bonds is 2. The first-order valence-electron chi connectivity index (χ1n) is 6.87. The van der Waals surface area contributed by atoms with Crippen molar-refractivity contribution in [3.8, 4) is 0 Å². The van der Waals surface area contributed by atoms with Crippen LogP contribution < -0.4 is 0 Å². The average molecular weight is 285 g/mol. The molecule has 0 saturated heterocycles. The van der Waals surface area contributed by atoms with Crippen molar-refractivity contribution in [2.45, 2.75) is 19.4 Å². The minimum absolute atomic E-state index is 0.148. The molecular formula is C17H17ClN2. The van der Waals surface area contributed by atoms with Gasteiger partial charge in [0.15, 0.2) is 0 Å². The summed E-state index contributed by atoms with van der Waals surface area (Å²) >= 11 is 6.14. The summed E-state index contributed by atoms with van der Waals surface area (Å²) in [6.07, 6.45) is 7.06. The summed E-state index contributed by atoms with van der Waals surface area (Å²) in [5.74, 6) is 0. The number of aromatic nitrogens is 1. The SMILES string of the molecule is CC=CN1CCc2ccccc2C1c1cc(Cl)ccn1. The van der Waals surface area contributed by atoms with Gasteiger partial charge in [-0.05, 0) is 42.8 Å². The number of halogens is 1. The minimum Gasteiger partial charge on any atom is -0.365 e. The highest BCUT2D eigenvalue weighted by Gasteiger charge is 2.27. The molecule has 1 aromatic carbocycles. The van der Waals surface area contributed by atoms with E-state index in [4.69, 9.17) is 11.6 Å². The molecule has 0 amide bonds. The maximum absolute atomic E-state index is 6.14. The highest BCUT2D eigenvalue weighted by atomic mass is 35.5. The van der Waals surface area contributed by atoms with Crippen molar-refractivity contribution in [2.75, 3.05) is 6.54 Å². The second-order valence-electron chi connectivity index (χ2n) is 4.97. The first-order valence-corrected chi connectivity index (χ1v) is 7.25. The maximum Gasteiger partial charge on any atom is 0.0963 e. The Hall–Kier alpha value is -1.80. The average Bonchev–Trinajstić information content (AvgIpc) is 2.47. The van der Waals surface area contributed by atoms with Crippen LogP contribution in [0.2, 0.25) is 5.02 Å². The molecule has 3 rings (SSSR count). The quantitative estimate of drug-likeness (QED) is 0.821. The van der Waals surface area contributed by atoms with Crippen molar-refractivity contribution in [3.05, 3.63) is 76.7 Å². The van der Waals surface area contributed by atoms with E-state index in [0.29, 0.717) is 0 Å². The van der Waals surface area contributed by atoms with Crippen molar-refractivity contribution in [2.24, 2.45) is 0 Å². The molecule has 0 N–H and O–H groups in total. The summed E-state index contributed by atoms with van der Waals surface area (Å²) in [5.41, 5.74) is 3.73. The molecule has 102 valence electrons. The molecule has 0 radical (unpaired) electrons. The zero-order valence-corrected chi connectivity index (χ0v) is 12.2. The van der Waals surface area contributed by atoms with Crippen molar-refractivity contribution < 1.29 is 0 Å². The van der Waals surface area contributed by atoms with Crippen LogP contribution in [0.15, 0.2) is 54.9 Å². The molecule has 3 heteroatoms. The summed E-state index contributed by atoms with van der Waals surface area (Å²) in [5, 5.41) is 0.735. The summed E-state index contributed by atoms with van der Waals surface area (Å²) in [6, 6.07) is 12.5. The van der Waals surface area contributed by atoms with Gasteiger partial charge in [0.05, 0.1) is 11.7 Å². The largest absolute Gasteiger partial charge is 0.365 e. The van der Waals surface area contributed by atoms with Gasteiger partial charge in [-0.15, -0.1) is 0 Å². The van der Waals surface area contributed by atoms with Crippen molar-refractivity contribution in [3.63, 3.8) is 0 Å². The van der Waals surface area contributed by atoms with Gasteiger partial charge >= 0.3 is 0 Å². The molecule has 1 aliphatic heterocycles. The monoisotopic (exact) mass is 284 g/mol. The topological polar surface area (TPSA) is 16.1 Å². The van der Waals surface area contributed by atoms with E-state index in [1.807, 2.05) is 19.1 Å². The second kappa shape index (κ2) is 5.68. The van der Waals surface area contributed by atoms with Crippen LogP contribution in [0.25, 0.3) is 0 Å². The standard InChI is InChI=1S/C17H17ClN2/c1-2-10-20-11-8-13-5-3-4-6-15(13)17(20)16-12-14(18)7-9-19-16/h2-7,9-10,12,17H,8,11H2,1H3. The Bertz CT molecular complexity index is 636. The summed E-state index contributed by atoms with van der Waals surface area (Å²) < 4.78 is 0. The molecule has 0 aliphatic carbocycles. The molecule has 1 atom stereocenters. The lowest BCUT2D eigenvalue weighted by Gasteiger charge is -2.36. The summed E-state index contributed by atoms with van der Waals surface area (Å²) in [7, 11) is 0. The van der Waals surface area contributed by atoms with E-state index in [9.17, 15) is 0 Å². The van der Waals surface area contributed by atoms with E-state index in [-0.39, 0.29) is 6.04 Å². The van der Waals surface area contributed by atoms with Gasteiger partial charge in [0.1, 0.15) is 0 Å². The number of hydrogen-bond acceptors (Lipinski definition) is 2. The molecule has 2 nitrogen and oxygen atoms in total. The highest BCUT2D eigenvalue weighted by Crippen LogP contribution is 2.34. The molecule has 1 aliphatic rings. The zero-order chi connectivity index (χ0) is 13.9. The zero-order valence-electron chi connectivity index (χ0n) is 11.5. The number of benzene rings is 1. The fourth-order valence-electron chi connectivity index (χ4n) is 2.84. The summed E-state index contributed by atoms with van der Waals surface area (Å²) in [6.45, 7) is 3.04. The third-order valence-electron chi connectivity index (χ3n) is 3.68. The molecule has 2 aromatic rings. The normalized spacial score (nSPS) is 18.3. The Morgan fingerprint density at radius 3 is 2.95 bits per heavy atom. The third kappa shape index (κ3) is 2.44. The van der Waals surface area contributed by atoms with Crippen LogP contribution in [0.3, 0.4) is 0 Å². The number of fused-ring (bicyclic) bond motifs is 1. The van der Waals surface area contributed by atoms with Crippen molar-refractivity contribution in [1.82, 2.24) is 9.88 Å². The molecule has 2 heterocycles. The van der Waals surface area contributed by atoms with Crippen LogP contribution in [-0.4, -0.2) is 16.4 Å². The molecule has 1 aromatic heterocycles. The Balaban J connectivity index is 2.11. The number of allylic oxidation sites excluding steroid dienone is 1. The van der Waals surface area contributed by atoms with E-state index in [1.165, 1.54) is 11.1 Å². The van der Waals surface area contributed by atoms with E-state index >= 15 is 0 Å². The lowest BCUT2D eigenvalue weighted by molar-refractivity contribution is 0.296. The molecule has 0 fully saturated rings. The number of pyridine rings is 1. The van der Waals surface area contributed by atoms with E-state index in [0.717, 1.165) is 23.7 Å². The summed E-state index contributed by atoms with van der Waals surface area (Å²) in [4.78, 5) is 6.87. The van der Waals surface area contributed by atoms with Crippen molar-refractivity contribution in [1.29, 1.82) is 0 Å². The number of hydrogen-bond donors (Lipinski definition) is 0. The van der Waals surface area contributed by atoms with Crippen LogP contribution in [0.1, 0.15) is 29.8 Å². The fraction of sp³-hybridized carbons (Fsp3) is 0.235. The van der Waals surface area contributed by atoms with Gasteiger partial charge in [0.2, 0.25) is 0 Å². The van der Waals surface area contributed by atoms with Gasteiger partial charge in [-0.2, -0.15) is 0 Å². The first-order chi connectivity index (χ1) is 9.79. The Morgan fingerprint density at radius 2 is 2.15 bits per heavy atom. The Morgan fingerprint density at radius 1 is 1.30 bits per heavy atom. The van der Waals surface area contributed by atoms with E-state index in [1.54, 1.807) is 6.20 Å². The fourth-order valence-corrected chi connectivity index (χ4v) is 3.01. The lowest BCUT2D eigenvalue weighted by atomic mass is 9.90. The number of nitrogens with zero attached hydrogens (tertiary/aromatic N) is 2. The second-order valence-corrected chi connectivity index (χ2v) is 5.41.